The maximum atomic E-state index is 16.7. The zero-order valence-electron chi connectivity index (χ0n) is 45.4. The van der Waals surface area contributed by atoms with Crippen molar-refractivity contribution in [2.75, 3.05) is 11.8 Å². The Morgan fingerprint density at radius 3 is 1.94 bits per heavy atom. The summed E-state index contributed by atoms with van der Waals surface area (Å²) in [7, 11) is 1.48. The summed E-state index contributed by atoms with van der Waals surface area (Å²) in [6, 6.07) is 20.7. The van der Waals surface area contributed by atoms with Crippen LogP contribution in [-0.2, 0) is 58.3 Å². The number of halogens is 5. The standard InChI is InChI=1S/C58H61F5N8O9S2/c1-31-45(32(2)80-68-31)52(75)67-43(24-35-17-11-8-12-18-35)49(73)56(79)71-30-82-57(4,5)50(71)54(77)65-27-39-41(59)22-21-38(46(39)60)37-25-44(69(6)28-37)51(74)66-42(23-34-15-9-7-10-16-34)48(72)55(78)70-29-81-33(3)47(70)53(76)64-26-36-19-13-14-20-40(36)58(61,62)63/h7-22,25,28,33,42-43,47-50,72-73H,23-24,26-27,29-30H2,1-6H3,(H,64,76)(H,65,77)(H,66,74)(H,67,75)/t33?,42-,43-,47-,48-,49-,50+/m0/s1. The quantitative estimate of drug-likeness (QED) is 0.0472. The van der Waals surface area contributed by atoms with Crippen LogP contribution < -0.4 is 21.3 Å². The molecule has 2 aliphatic heterocycles. The van der Waals surface area contributed by atoms with E-state index in [9.17, 15) is 52.2 Å². The van der Waals surface area contributed by atoms with Crippen molar-refractivity contribution in [2.45, 2.75) is 113 Å². The van der Waals surface area contributed by atoms with Crippen molar-refractivity contribution in [1.82, 2.24) is 40.8 Å². The Morgan fingerprint density at radius 2 is 1.34 bits per heavy atom. The van der Waals surface area contributed by atoms with Crippen LogP contribution in [-0.4, -0.2) is 123 Å². The van der Waals surface area contributed by atoms with Gasteiger partial charge in [-0.1, -0.05) is 90.9 Å². The number of aliphatic hydroxyl groups excluding tert-OH is 2. The number of carbonyl (C=O) groups excluding carboxylic acids is 6. The summed E-state index contributed by atoms with van der Waals surface area (Å²) in [6.45, 7) is 7.02. The third kappa shape index (κ3) is 13.4. The molecule has 434 valence electrons. The van der Waals surface area contributed by atoms with Crippen LogP contribution in [0.1, 0.15) is 80.9 Å². The van der Waals surface area contributed by atoms with Crippen molar-refractivity contribution >= 4 is 59.0 Å². The lowest BCUT2D eigenvalue weighted by molar-refractivity contribution is -0.147. The van der Waals surface area contributed by atoms with E-state index < -0.39 is 124 Å². The van der Waals surface area contributed by atoms with Crippen molar-refractivity contribution < 1.29 is 65.5 Å². The molecule has 8 rings (SSSR count). The number of aliphatic hydroxyl groups is 2. The molecule has 24 heteroatoms. The Labute approximate surface area is 477 Å². The van der Waals surface area contributed by atoms with Gasteiger partial charge < -0.3 is 50.4 Å². The number of hydrogen-bond acceptors (Lipinski definition) is 12. The molecule has 2 fully saturated rings. The Hall–Kier alpha value is -7.54. The highest BCUT2D eigenvalue weighted by molar-refractivity contribution is 8.01. The molecule has 2 saturated heterocycles. The number of hydrogen-bond donors (Lipinski definition) is 6. The number of aryl methyl sites for hydroxylation is 3. The summed E-state index contributed by atoms with van der Waals surface area (Å²) in [6.07, 6.45) is -7.15. The van der Waals surface area contributed by atoms with Crippen LogP contribution in [0, 0.1) is 25.5 Å². The van der Waals surface area contributed by atoms with Gasteiger partial charge in [-0.2, -0.15) is 13.2 Å². The second-order valence-electron chi connectivity index (χ2n) is 20.7. The number of thioether (sulfide) groups is 2. The van der Waals surface area contributed by atoms with Crippen LogP contribution in [0.3, 0.4) is 0 Å². The van der Waals surface area contributed by atoms with Gasteiger partial charge in [0.05, 0.1) is 35.1 Å². The Morgan fingerprint density at radius 1 is 0.768 bits per heavy atom. The van der Waals surface area contributed by atoms with Crippen LogP contribution in [0.25, 0.3) is 11.1 Å². The average Bonchev–Trinajstić information content (AvgIpc) is 4.35. The molecule has 2 aromatic heterocycles. The summed E-state index contributed by atoms with van der Waals surface area (Å²) in [4.78, 5) is 86.5. The molecule has 6 N–H and O–H groups in total. The summed E-state index contributed by atoms with van der Waals surface area (Å²) >= 11 is 2.45. The first-order chi connectivity index (χ1) is 38.9. The largest absolute Gasteiger partial charge is 0.416 e. The lowest BCUT2D eigenvalue weighted by Gasteiger charge is -2.33. The van der Waals surface area contributed by atoms with Crippen LogP contribution in [0.4, 0.5) is 22.0 Å². The van der Waals surface area contributed by atoms with Crippen LogP contribution in [0.5, 0.6) is 0 Å². The van der Waals surface area contributed by atoms with Gasteiger partial charge in [-0.25, -0.2) is 8.78 Å². The first kappa shape index (κ1) is 60.6. The van der Waals surface area contributed by atoms with Gasteiger partial charge >= 0.3 is 6.18 Å². The number of amides is 6. The van der Waals surface area contributed by atoms with Crippen LogP contribution in [0.2, 0.25) is 0 Å². The molecular weight excluding hydrogens is 1110 g/mol. The molecule has 2 aliphatic rings. The Kier molecular flexibility index (Phi) is 18.7. The van der Waals surface area contributed by atoms with Gasteiger partial charge in [-0.15, -0.1) is 23.5 Å². The minimum atomic E-state index is -4.68. The molecule has 0 radical (unpaired) electrons. The number of benzene rings is 4. The van der Waals surface area contributed by atoms with Crippen molar-refractivity contribution in [3.63, 3.8) is 0 Å². The lowest BCUT2D eigenvalue weighted by atomic mass is 9.96. The number of carbonyl (C=O) groups is 6. The highest BCUT2D eigenvalue weighted by atomic mass is 32.2. The molecule has 0 saturated carbocycles. The fourth-order valence-corrected chi connectivity index (χ4v) is 12.5. The molecule has 7 atom stereocenters. The second kappa shape index (κ2) is 25.3. The minimum Gasteiger partial charge on any atom is -0.381 e. The summed E-state index contributed by atoms with van der Waals surface area (Å²) in [5, 5.41) is 37.4. The van der Waals surface area contributed by atoms with Gasteiger partial charge in [0.25, 0.3) is 23.6 Å². The van der Waals surface area contributed by atoms with Gasteiger partial charge in [0.1, 0.15) is 40.7 Å². The third-order valence-corrected chi connectivity index (χ3v) is 17.2. The van der Waals surface area contributed by atoms with Crippen molar-refractivity contribution in [3.05, 3.63) is 171 Å². The smallest absolute Gasteiger partial charge is 0.381 e. The Balaban J connectivity index is 0.968. The Bertz CT molecular complexity index is 3330. The topological polar surface area (TPSA) is 228 Å². The molecule has 4 heterocycles. The summed E-state index contributed by atoms with van der Waals surface area (Å²) in [5.41, 5.74) is -0.0655. The fourth-order valence-electron chi connectivity index (χ4n) is 10.2. The zero-order chi connectivity index (χ0) is 59.4. The van der Waals surface area contributed by atoms with E-state index in [2.05, 4.69) is 26.4 Å². The van der Waals surface area contributed by atoms with Crippen molar-refractivity contribution in [3.8, 4) is 11.1 Å². The highest BCUT2D eigenvalue weighted by Gasteiger charge is 2.50. The zero-order valence-corrected chi connectivity index (χ0v) is 47.1. The van der Waals surface area contributed by atoms with E-state index in [-0.39, 0.29) is 58.3 Å². The summed E-state index contributed by atoms with van der Waals surface area (Å²) < 4.78 is 79.1. The maximum absolute atomic E-state index is 16.7. The average molecular weight is 1170 g/mol. The minimum absolute atomic E-state index is 0.0215. The lowest BCUT2D eigenvalue weighted by Crippen LogP contribution is -2.58. The predicted molar refractivity (Wildman–Crippen MR) is 296 cm³/mol. The van der Waals surface area contributed by atoms with Crippen LogP contribution >= 0.6 is 23.5 Å². The van der Waals surface area contributed by atoms with E-state index in [0.717, 1.165) is 23.1 Å². The van der Waals surface area contributed by atoms with E-state index >= 15 is 8.78 Å². The molecule has 0 aliphatic carbocycles. The van der Waals surface area contributed by atoms with E-state index in [1.54, 1.807) is 95.3 Å². The van der Waals surface area contributed by atoms with Gasteiger partial charge in [0, 0.05) is 53.0 Å². The first-order valence-electron chi connectivity index (χ1n) is 26.0. The fraction of sp³-hybridized carbons (Fsp3) is 0.362. The van der Waals surface area contributed by atoms with Gasteiger partial charge in [0.2, 0.25) is 11.8 Å². The maximum Gasteiger partial charge on any atom is 0.416 e. The number of alkyl halides is 3. The molecule has 17 nitrogen and oxygen atoms in total. The first-order valence-corrected chi connectivity index (χ1v) is 28.1. The van der Waals surface area contributed by atoms with Crippen molar-refractivity contribution in [1.29, 1.82) is 0 Å². The molecular formula is C58H61F5N8O9S2. The SMILES string of the molecule is Cc1noc(C)c1C(=O)N[C@@H](Cc1ccccc1)[C@H](O)C(=O)N1CSC(C)(C)[C@H]1C(=O)NCc1c(F)ccc(-c2cc(C(=O)N[C@@H](Cc3ccccc3)[C@H](O)C(=O)N3CSC(C)[C@H]3C(=O)NCc3ccccc3C(F)(F)F)n(C)c2)c1F. The molecule has 82 heavy (non-hydrogen) atoms. The number of aromatic nitrogens is 2. The molecule has 6 amide bonds. The molecule has 0 spiro atoms. The number of nitrogens with zero attached hydrogens (tertiary/aromatic N) is 4. The normalized spacial score (nSPS) is 18.3. The molecule has 0 bridgehead atoms. The number of nitrogens with one attached hydrogen (secondary N) is 4. The van der Waals surface area contributed by atoms with E-state index in [0.29, 0.717) is 16.8 Å². The van der Waals surface area contributed by atoms with Gasteiger partial charge in [-0.3, -0.25) is 28.8 Å². The molecule has 6 aromatic rings. The highest BCUT2D eigenvalue weighted by Crippen LogP contribution is 2.40. The van der Waals surface area contributed by atoms with E-state index in [1.807, 2.05) is 0 Å². The predicted octanol–water partition coefficient (Wildman–Crippen LogP) is 6.60. The van der Waals surface area contributed by atoms with Gasteiger partial charge in [0.15, 0.2) is 12.2 Å². The van der Waals surface area contributed by atoms with Crippen LogP contribution in [0.15, 0.2) is 114 Å². The van der Waals surface area contributed by atoms with Gasteiger partial charge in [-0.05, 0) is 81.5 Å². The molecule has 4 aromatic carbocycles. The summed E-state index contributed by atoms with van der Waals surface area (Å²) in [5.74, 6) is -6.76. The number of rotatable bonds is 19. The molecule has 1 unspecified atom stereocenters. The monoisotopic (exact) mass is 1170 g/mol. The van der Waals surface area contributed by atoms with Crippen molar-refractivity contribution in [2.24, 2.45) is 7.05 Å². The second-order valence-corrected chi connectivity index (χ2v) is 23.6. The third-order valence-electron chi connectivity index (χ3n) is 14.6. The van der Waals surface area contributed by atoms with E-state index in [1.165, 1.54) is 70.5 Å². The van der Waals surface area contributed by atoms with E-state index in [4.69, 9.17) is 4.52 Å².